The minimum absolute atomic E-state index is 0.00125. The van der Waals surface area contributed by atoms with Crippen molar-refractivity contribution in [2.24, 2.45) is 0 Å². The number of fused-ring (bicyclic) bond motifs is 1. The Labute approximate surface area is 165 Å². The van der Waals surface area contributed by atoms with Gasteiger partial charge < -0.3 is 5.32 Å². The lowest BCUT2D eigenvalue weighted by atomic mass is 10.1. The van der Waals surface area contributed by atoms with Gasteiger partial charge in [0, 0.05) is 17.8 Å². The average molecular weight is 393 g/mol. The molecular weight excluding hydrogens is 374 g/mol. The summed E-state index contributed by atoms with van der Waals surface area (Å²) in [6, 6.07) is 8.12. The summed E-state index contributed by atoms with van der Waals surface area (Å²) in [6.07, 6.45) is 2.94. The minimum atomic E-state index is -0.486. The summed E-state index contributed by atoms with van der Waals surface area (Å²) in [6.45, 7) is 6.41. The summed E-state index contributed by atoms with van der Waals surface area (Å²) >= 11 is 1.34. The Morgan fingerprint density at radius 2 is 2.00 bits per heavy atom. The smallest absolute Gasteiger partial charge is 0.271 e. The van der Waals surface area contributed by atoms with Crippen molar-refractivity contribution in [3.05, 3.63) is 80.5 Å². The lowest BCUT2D eigenvalue weighted by Crippen LogP contribution is -2.26. The molecule has 142 valence electrons. The van der Waals surface area contributed by atoms with Crippen molar-refractivity contribution < 1.29 is 4.79 Å². The van der Waals surface area contributed by atoms with Gasteiger partial charge in [-0.25, -0.2) is 4.98 Å². The van der Waals surface area contributed by atoms with Crippen LogP contribution in [0.2, 0.25) is 0 Å². The van der Waals surface area contributed by atoms with E-state index in [2.05, 4.69) is 34.5 Å². The van der Waals surface area contributed by atoms with Gasteiger partial charge in [-0.15, -0.1) is 11.3 Å². The highest BCUT2D eigenvalue weighted by atomic mass is 32.1. The van der Waals surface area contributed by atoms with Gasteiger partial charge >= 0.3 is 0 Å². The van der Waals surface area contributed by atoms with Gasteiger partial charge in [0.2, 0.25) is 0 Å². The molecule has 4 rings (SSSR count). The molecule has 0 aliphatic carbocycles. The van der Waals surface area contributed by atoms with Gasteiger partial charge in [-0.3, -0.25) is 18.7 Å². The topological polar surface area (TPSA) is 81.3 Å². The predicted molar refractivity (Wildman–Crippen MR) is 109 cm³/mol. The van der Waals surface area contributed by atoms with Crippen molar-refractivity contribution in [3.8, 4) is 0 Å². The number of hydrogen-bond donors (Lipinski definition) is 1. The molecule has 0 saturated heterocycles. The van der Waals surface area contributed by atoms with E-state index in [1.807, 2.05) is 30.7 Å². The van der Waals surface area contributed by atoms with E-state index in [1.54, 1.807) is 11.6 Å². The van der Waals surface area contributed by atoms with Crippen LogP contribution >= 0.6 is 11.3 Å². The summed E-state index contributed by atoms with van der Waals surface area (Å²) in [5, 5.41) is 9.16. The molecule has 8 heteroatoms. The van der Waals surface area contributed by atoms with Gasteiger partial charge in [-0.05, 0) is 31.9 Å². The number of aromatic nitrogens is 4. The van der Waals surface area contributed by atoms with E-state index >= 15 is 0 Å². The van der Waals surface area contributed by atoms with E-state index in [4.69, 9.17) is 0 Å². The molecule has 1 amide bonds. The molecule has 3 aromatic heterocycles. The Morgan fingerprint density at radius 3 is 2.79 bits per heavy atom. The molecular formula is C20H19N5O2S. The number of hydrogen-bond acceptors (Lipinski definition) is 5. The number of benzene rings is 1. The first-order valence-corrected chi connectivity index (χ1v) is 9.68. The number of amides is 1. The summed E-state index contributed by atoms with van der Waals surface area (Å²) in [7, 11) is 0. The first kappa shape index (κ1) is 18.1. The molecule has 0 atom stereocenters. The molecule has 1 aromatic carbocycles. The van der Waals surface area contributed by atoms with Crippen molar-refractivity contribution >= 4 is 27.9 Å². The third kappa shape index (κ3) is 3.11. The van der Waals surface area contributed by atoms with Crippen molar-refractivity contribution in [2.75, 3.05) is 5.32 Å². The Morgan fingerprint density at radius 1 is 1.21 bits per heavy atom. The number of nitrogens with zero attached hydrogens (tertiary/aromatic N) is 4. The first-order valence-electron chi connectivity index (χ1n) is 8.80. The predicted octanol–water partition coefficient (Wildman–Crippen LogP) is 3.18. The van der Waals surface area contributed by atoms with E-state index in [1.165, 1.54) is 27.5 Å². The molecule has 0 fully saturated rings. The van der Waals surface area contributed by atoms with E-state index in [-0.39, 0.29) is 11.1 Å². The number of carbonyl (C=O) groups is 1. The van der Waals surface area contributed by atoms with Gasteiger partial charge in [0.15, 0.2) is 4.96 Å². The molecule has 1 N–H and O–H groups in total. The third-order valence-electron chi connectivity index (χ3n) is 4.79. The summed E-state index contributed by atoms with van der Waals surface area (Å²) in [5.41, 5.74) is 4.11. The number of carbonyl (C=O) groups excluding carboxylic acids is 1. The Balaban J connectivity index is 1.63. The maximum absolute atomic E-state index is 12.7. The Kier molecular flexibility index (Phi) is 4.56. The van der Waals surface area contributed by atoms with Gasteiger partial charge in [0.1, 0.15) is 5.56 Å². The average Bonchev–Trinajstić information content (AvgIpc) is 3.25. The lowest BCUT2D eigenvalue weighted by Gasteiger charge is -2.09. The molecule has 0 unspecified atom stereocenters. The van der Waals surface area contributed by atoms with Crippen LogP contribution in [-0.4, -0.2) is 25.1 Å². The van der Waals surface area contributed by atoms with Crippen LogP contribution in [0.25, 0.3) is 4.96 Å². The van der Waals surface area contributed by atoms with Crippen molar-refractivity contribution in [2.45, 2.75) is 27.3 Å². The van der Waals surface area contributed by atoms with Crippen LogP contribution < -0.4 is 10.9 Å². The number of nitrogens with one attached hydrogen (secondary N) is 1. The zero-order valence-electron chi connectivity index (χ0n) is 15.8. The first-order chi connectivity index (χ1) is 13.5. The third-order valence-corrected chi connectivity index (χ3v) is 5.56. The standard InChI is InChI=1S/C20H19N5O2S/c1-12-6-4-5-7-15(12)11-25-14(3)17(13(2)23-25)22-18(26)16-10-21-20-24(19(16)27)8-9-28-20/h4-10H,11H2,1-3H3,(H,22,26). The molecule has 28 heavy (non-hydrogen) atoms. The fourth-order valence-corrected chi connectivity index (χ4v) is 3.82. The highest BCUT2D eigenvalue weighted by Crippen LogP contribution is 2.22. The maximum atomic E-state index is 12.7. The maximum Gasteiger partial charge on any atom is 0.271 e. The molecule has 0 bridgehead atoms. The molecule has 0 saturated carbocycles. The van der Waals surface area contributed by atoms with Gasteiger partial charge in [-0.2, -0.15) is 5.10 Å². The zero-order valence-corrected chi connectivity index (χ0v) is 16.6. The summed E-state index contributed by atoms with van der Waals surface area (Å²) < 4.78 is 3.24. The molecule has 4 aromatic rings. The number of aryl methyl sites for hydroxylation is 2. The monoisotopic (exact) mass is 393 g/mol. The number of thiazole rings is 1. The normalized spacial score (nSPS) is 11.1. The van der Waals surface area contributed by atoms with Crippen molar-refractivity contribution in [1.29, 1.82) is 0 Å². The van der Waals surface area contributed by atoms with Crippen molar-refractivity contribution in [3.63, 3.8) is 0 Å². The Bertz CT molecular complexity index is 1250. The van der Waals surface area contributed by atoms with E-state index in [0.29, 0.717) is 22.9 Å². The minimum Gasteiger partial charge on any atom is -0.319 e. The van der Waals surface area contributed by atoms with Crippen molar-refractivity contribution in [1.82, 2.24) is 19.2 Å². The van der Waals surface area contributed by atoms with Crippen LogP contribution in [0.15, 0.2) is 46.8 Å². The van der Waals surface area contributed by atoms with E-state index in [0.717, 1.165) is 11.3 Å². The quantitative estimate of drug-likeness (QED) is 0.577. The van der Waals surface area contributed by atoms with E-state index in [9.17, 15) is 9.59 Å². The fraction of sp³-hybridized carbons (Fsp3) is 0.200. The van der Waals surface area contributed by atoms with Crippen LogP contribution in [0.4, 0.5) is 5.69 Å². The van der Waals surface area contributed by atoms with Gasteiger partial charge in [0.25, 0.3) is 11.5 Å². The van der Waals surface area contributed by atoms with Gasteiger partial charge in [0.05, 0.1) is 23.6 Å². The molecule has 0 aliphatic heterocycles. The summed E-state index contributed by atoms with van der Waals surface area (Å²) in [4.78, 5) is 30.0. The second kappa shape index (κ2) is 7.05. The second-order valence-electron chi connectivity index (χ2n) is 6.62. The number of anilines is 1. The fourth-order valence-electron chi connectivity index (χ4n) is 3.14. The molecule has 0 spiro atoms. The SMILES string of the molecule is Cc1ccccc1Cn1nc(C)c(NC(=O)c2cnc3sccn3c2=O)c1C. The van der Waals surface area contributed by atoms with Crippen LogP contribution in [0.1, 0.15) is 32.9 Å². The molecule has 7 nitrogen and oxygen atoms in total. The van der Waals surface area contributed by atoms with E-state index < -0.39 is 5.91 Å². The molecule has 3 heterocycles. The summed E-state index contributed by atoms with van der Waals surface area (Å²) in [5.74, 6) is -0.486. The van der Waals surface area contributed by atoms with Gasteiger partial charge in [-0.1, -0.05) is 24.3 Å². The lowest BCUT2D eigenvalue weighted by molar-refractivity contribution is 0.102. The number of rotatable bonds is 4. The molecule has 0 aliphatic rings. The van der Waals surface area contributed by atoms with Crippen LogP contribution in [0, 0.1) is 20.8 Å². The Hall–Kier alpha value is -3.26. The second-order valence-corrected chi connectivity index (χ2v) is 7.49. The van der Waals surface area contributed by atoms with Crippen LogP contribution in [-0.2, 0) is 6.54 Å². The van der Waals surface area contributed by atoms with Crippen LogP contribution in [0.5, 0.6) is 0 Å². The molecule has 0 radical (unpaired) electrons. The highest BCUT2D eigenvalue weighted by molar-refractivity contribution is 7.15. The highest BCUT2D eigenvalue weighted by Gasteiger charge is 2.19. The zero-order chi connectivity index (χ0) is 19.8. The van der Waals surface area contributed by atoms with Crippen LogP contribution in [0.3, 0.4) is 0 Å². The largest absolute Gasteiger partial charge is 0.319 e.